The average Bonchev–Trinajstić information content (AvgIpc) is 2.47. The molecule has 9 heteroatoms. The van der Waals surface area contributed by atoms with Gasteiger partial charge in [-0.25, -0.2) is 4.79 Å². The summed E-state index contributed by atoms with van der Waals surface area (Å²) in [5.41, 5.74) is 1.19. The molecule has 128 valence electrons. The summed E-state index contributed by atoms with van der Waals surface area (Å²) in [5, 5.41) is 0. The van der Waals surface area contributed by atoms with Gasteiger partial charge in [-0.15, -0.1) is 0 Å². The van der Waals surface area contributed by atoms with Crippen molar-refractivity contribution in [2.75, 3.05) is 0 Å². The van der Waals surface area contributed by atoms with E-state index < -0.39 is 16.1 Å². The lowest BCUT2D eigenvalue weighted by atomic mass is 10.1. The lowest BCUT2D eigenvalue weighted by Gasteiger charge is -2.12. The fourth-order valence-corrected chi connectivity index (χ4v) is 4.91. The fourth-order valence-electron chi connectivity index (χ4n) is 1.99. The molecule has 0 aliphatic heterocycles. The molecule has 0 fully saturated rings. The van der Waals surface area contributed by atoms with E-state index in [0.717, 1.165) is 10.7 Å². The van der Waals surface area contributed by atoms with E-state index >= 15 is 0 Å². The van der Waals surface area contributed by atoms with Crippen molar-refractivity contribution in [2.45, 2.75) is 18.7 Å². The Morgan fingerprint density at radius 2 is 1.67 bits per heavy atom. The van der Waals surface area contributed by atoms with Gasteiger partial charge in [0.2, 0.25) is 0 Å². The Hall–Kier alpha value is 0.0100. The summed E-state index contributed by atoms with van der Waals surface area (Å²) in [6, 6.07) is 6.25. The zero-order chi connectivity index (χ0) is 18.2. The number of carbonyl (C=O) groups is 1. The highest BCUT2D eigenvalue weighted by atomic mass is 127. The fraction of sp³-hybridized carbons (Fsp3) is 0.133. The van der Waals surface area contributed by atoms with E-state index in [4.69, 9.17) is 4.74 Å². The maximum absolute atomic E-state index is 12.4. The molecule has 0 saturated carbocycles. The Balaban J connectivity index is 2.41. The van der Waals surface area contributed by atoms with Crippen LogP contribution in [0.25, 0.3) is 0 Å². The third-order valence-electron chi connectivity index (χ3n) is 3.21. The third-order valence-corrected chi connectivity index (χ3v) is 9.41. The van der Waals surface area contributed by atoms with Crippen molar-refractivity contribution in [3.63, 3.8) is 0 Å². The third kappa shape index (κ3) is 4.40. The van der Waals surface area contributed by atoms with Gasteiger partial charge in [0.05, 0.1) is 10.5 Å². The van der Waals surface area contributed by atoms with Crippen LogP contribution in [-0.4, -0.2) is 18.9 Å². The maximum Gasteiger partial charge on any atom is 0.344 e. The quantitative estimate of drug-likeness (QED) is 0.169. The van der Waals surface area contributed by atoms with Gasteiger partial charge in [-0.3, -0.25) is 4.55 Å². The molecule has 0 aliphatic rings. The molecule has 24 heavy (non-hydrogen) atoms. The van der Waals surface area contributed by atoms with Gasteiger partial charge in [0.25, 0.3) is 10.1 Å². The van der Waals surface area contributed by atoms with Crippen LogP contribution in [0.2, 0.25) is 0 Å². The normalized spacial score (nSPS) is 11.4. The number of rotatable bonds is 3. The van der Waals surface area contributed by atoms with Gasteiger partial charge < -0.3 is 4.74 Å². The van der Waals surface area contributed by atoms with Gasteiger partial charge in [0.15, 0.2) is 0 Å². The van der Waals surface area contributed by atoms with Crippen molar-refractivity contribution in [3.8, 4) is 5.75 Å². The van der Waals surface area contributed by atoms with Crippen molar-refractivity contribution in [2.24, 2.45) is 0 Å². The summed E-state index contributed by atoms with van der Waals surface area (Å²) in [7, 11) is -4.31. The van der Waals surface area contributed by atoms with E-state index in [1.54, 1.807) is 13.0 Å². The number of aryl methyl sites for hydroxylation is 2. The number of halogens is 3. The second-order valence-electron chi connectivity index (χ2n) is 4.97. The first-order valence-electron chi connectivity index (χ1n) is 6.46. The van der Waals surface area contributed by atoms with Crippen LogP contribution >= 0.6 is 67.8 Å². The molecule has 0 bridgehead atoms. The van der Waals surface area contributed by atoms with Crippen molar-refractivity contribution in [1.82, 2.24) is 0 Å². The standard InChI is InChI=1S/C15H11I3O5S/c1-7-6-12(24(20,21)22)8(2)5-11(7)23-15(19)9-3-4-10(16)14(18)13(9)17/h3-6H,1-2H3,(H,20,21,22). The van der Waals surface area contributed by atoms with Crippen molar-refractivity contribution < 1.29 is 22.5 Å². The molecule has 2 rings (SSSR count). The molecule has 0 heterocycles. The summed E-state index contributed by atoms with van der Waals surface area (Å²) >= 11 is 6.45. The zero-order valence-electron chi connectivity index (χ0n) is 12.4. The minimum Gasteiger partial charge on any atom is -0.423 e. The van der Waals surface area contributed by atoms with Gasteiger partial charge in [-0.2, -0.15) is 8.42 Å². The van der Waals surface area contributed by atoms with Crippen LogP contribution in [0.3, 0.4) is 0 Å². The molecule has 0 amide bonds. The Morgan fingerprint density at radius 1 is 1.04 bits per heavy atom. The van der Waals surface area contributed by atoms with Gasteiger partial charge >= 0.3 is 5.97 Å². The van der Waals surface area contributed by atoms with Gasteiger partial charge in [-0.05, 0) is 117 Å². The molecular formula is C15H11I3O5S. The topological polar surface area (TPSA) is 80.7 Å². The van der Waals surface area contributed by atoms with E-state index in [-0.39, 0.29) is 10.6 Å². The van der Waals surface area contributed by atoms with E-state index in [0.29, 0.717) is 16.7 Å². The van der Waals surface area contributed by atoms with Gasteiger partial charge in [-0.1, -0.05) is 0 Å². The monoisotopic (exact) mass is 684 g/mol. The van der Waals surface area contributed by atoms with Crippen molar-refractivity contribution in [1.29, 1.82) is 0 Å². The van der Waals surface area contributed by atoms with Crippen LogP contribution in [0.4, 0.5) is 0 Å². The van der Waals surface area contributed by atoms with Gasteiger partial charge in [0.1, 0.15) is 5.75 Å². The first kappa shape index (κ1) is 20.3. The lowest BCUT2D eigenvalue weighted by Crippen LogP contribution is -2.13. The van der Waals surface area contributed by atoms with E-state index in [1.165, 1.54) is 19.1 Å². The summed E-state index contributed by atoms with van der Waals surface area (Å²) in [6.07, 6.45) is 0. The number of hydrogen-bond donors (Lipinski definition) is 1. The smallest absolute Gasteiger partial charge is 0.344 e. The van der Waals surface area contributed by atoms with Crippen LogP contribution in [0.1, 0.15) is 21.5 Å². The predicted octanol–water partition coefficient (Wildman–Crippen LogP) is 4.58. The molecule has 0 unspecified atom stereocenters. The Labute approximate surface area is 180 Å². The molecule has 2 aromatic rings. The summed E-state index contributed by atoms with van der Waals surface area (Å²) in [4.78, 5) is 12.2. The first-order valence-corrected chi connectivity index (χ1v) is 11.1. The largest absolute Gasteiger partial charge is 0.423 e. The number of hydrogen-bond acceptors (Lipinski definition) is 4. The molecule has 0 saturated heterocycles. The number of carbonyl (C=O) groups excluding carboxylic acids is 1. The summed E-state index contributed by atoms with van der Waals surface area (Å²) < 4.78 is 40.1. The van der Waals surface area contributed by atoms with E-state index in [2.05, 4.69) is 67.8 Å². The van der Waals surface area contributed by atoms with Crippen LogP contribution in [0.5, 0.6) is 5.75 Å². The molecule has 0 spiro atoms. The van der Waals surface area contributed by atoms with Crippen LogP contribution in [-0.2, 0) is 10.1 Å². The van der Waals surface area contributed by atoms with Crippen LogP contribution in [0.15, 0.2) is 29.2 Å². The lowest BCUT2D eigenvalue weighted by molar-refractivity contribution is 0.0732. The SMILES string of the molecule is Cc1cc(S(=O)(=O)O)c(C)cc1OC(=O)c1ccc(I)c(I)c1I. The molecule has 5 nitrogen and oxygen atoms in total. The number of benzene rings is 2. The minimum absolute atomic E-state index is 0.196. The zero-order valence-corrected chi connectivity index (χ0v) is 19.7. The van der Waals surface area contributed by atoms with Crippen molar-refractivity contribution >= 4 is 83.9 Å². The Morgan fingerprint density at radius 3 is 2.25 bits per heavy atom. The molecule has 0 aliphatic carbocycles. The highest BCUT2D eigenvalue weighted by Gasteiger charge is 2.20. The van der Waals surface area contributed by atoms with Gasteiger partial charge in [0, 0.05) is 10.7 Å². The second-order valence-corrected chi connectivity index (χ2v) is 9.68. The molecule has 2 aromatic carbocycles. The summed E-state index contributed by atoms with van der Waals surface area (Å²) in [6.45, 7) is 3.14. The average molecular weight is 684 g/mol. The van der Waals surface area contributed by atoms with E-state index in [1.807, 2.05) is 6.07 Å². The van der Waals surface area contributed by atoms with Crippen LogP contribution in [0, 0.1) is 24.6 Å². The molecule has 0 atom stereocenters. The second kappa shape index (κ2) is 7.72. The predicted molar refractivity (Wildman–Crippen MR) is 115 cm³/mol. The molecular weight excluding hydrogens is 673 g/mol. The number of ether oxygens (including phenoxy) is 1. The molecule has 0 radical (unpaired) electrons. The van der Waals surface area contributed by atoms with Crippen LogP contribution < -0.4 is 4.74 Å². The highest BCUT2D eigenvalue weighted by Crippen LogP contribution is 2.29. The minimum atomic E-state index is -4.31. The molecule has 1 N–H and O–H groups in total. The first-order chi connectivity index (χ1) is 11.0. The Kier molecular flexibility index (Phi) is 6.53. The Bertz CT molecular complexity index is 939. The van der Waals surface area contributed by atoms with Crippen molar-refractivity contribution in [3.05, 3.63) is 51.7 Å². The maximum atomic E-state index is 12.4. The van der Waals surface area contributed by atoms with E-state index in [9.17, 15) is 17.8 Å². The highest BCUT2D eigenvalue weighted by molar-refractivity contribution is 14.1. The molecule has 0 aromatic heterocycles. The summed E-state index contributed by atoms with van der Waals surface area (Å²) in [5.74, 6) is -0.259. The number of esters is 1.